The van der Waals surface area contributed by atoms with E-state index in [4.69, 9.17) is 9.67 Å². The van der Waals surface area contributed by atoms with Crippen LogP contribution < -0.4 is 4.40 Å². The van der Waals surface area contributed by atoms with Crippen molar-refractivity contribution < 1.29 is 39.5 Å². The number of rotatable bonds is 6. The van der Waals surface area contributed by atoms with E-state index in [-0.39, 0.29) is 25.7 Å². The summed E-state index contributed by atoms with van der Waals surface area (Å²) in [7, 11) is 0. The van der Waals surface area contributed by atoms with Crippen molar-refractivity contribution in [1.29, 1.82) is 0 Å². The molecule has 0 saturated carbocycles. The van der Waals surface area contributed by atoms with E-state index in [2.05, 4.69) is 70.2 Å². The molecule has 0 atom stereocenters. The van der Waals surface area contributed by atoms with Gasteiger partial charge in [-0.25, -0.2) is 4.79 Å². The molecule has 8 heteroatoms. The van der Waals surface area contributed by atoms with Gasteiger partial charge in [-0.05, 0) is 40.9 Å². The number of pyridine rings is 2. The molecule has 0 amide bonds. The van der Waals surface area contributed by atoms with Crippen LogP contribution in [0.2, 0.25) is 17.3 Å². The zero-order valence-corrected chi connectivity index (χ0v) is 32.4. The maximum absolute atomic E-state index is 12.4. The molecule has 49 heavy (non-hydrogen) atoms. The van der Waals surface area contributed by atoms with Gasteiger partial charge in [0.2, 0.25) is 0 Å². The molecular weight excluding hydrogens is 849 g/mol. The number of hydrogen-bond acceptors (Lipinski definition) is 6. The average molecular weight is 886 g/mol. The molecular formula is C41H36GeIrN2O4-2. The van der Waals surface area contributed by atoms with E-state index < -0.39 is 19.2 Å². The fourth-order valence-corrected chi connectivity index (χ4v) is 7.70. The van der Waals surface area contributed by atoms with Crippen molar-refractivity contribution in [1.82, 2.24) is 9.97 Å². The molecule has 0 spiro atoms. The smallest absolute Gasteiger partial charge is 0 e. The Balaban J connectivity index is 0.000000233. The molecule has 1 N–H and O–H groups in total. The Bertz CT molecular complexity index is 2190. The zero-order valence-electron chi connectivity index (χ0n) is 27.9. The molecule has 7 aromatic rings. The summed E-state index contributed by atoms with van der Waals surface area (Å²) in [6, 6.07) is 39.8. The van der Waals surface area contributed by atoms with Crippen LogP contribution in [-0.2, 0) is 25.0 Å². The van der Waals surface area contributed by atoms with Gasteiger partial charge < -0.3 is 9.40 Å². The van der Waals surface area contributed by atoms with Crippen LogP contribution >= 0.6 is 0 Å². The molecule has 0 aliphatic heterocycles. The van der Waals surface area contributed by atoms with E-state index in [1.54, 1.807) is 12.3 Å². The van der Waals surface area contributed by atoms with Gasteiger partial charge in [0, 0.05) is 31.7 Å². The van der Waals surface area contributed by atoms with Crippen molar-refractivity contribution >= 4 is 45.6 Å². The summed E-state index contributed by atoms with van der Waals surface area (Å²) in [5.74, 6) is 6.62. The minimum atomic E-state index is -1.72. The van der Waals surface area contributed by atoms with E-state index in [1.807, 2.05) is 91.1 Å². The molecule has 0 aliphatic rings. The maximum atomic E-state index is 12.4. The van der Waals surface area contributed by atoms with Crippen LogP contribution in [0.25, 0.3) is 55.6 Å². The predicted octanol–water partition coefficient (Wildman–Crippen LogP) is 9.96. The van der Waals surface area contributed by atoms with Gasteiger partial charge in [0.1, 0.15) is 11.1 Å². The monoisotopic (exact) mass is 887 g/mol. The third-order valence-electron chi connectivity index (χ3n) is 8.26. The van der Waals surface area contributed by atoms with Crippen LogP contribution in [0.1, 0.15) is 35.7 Å². The van der Waals surface area contributed by atoms with Gasteiger partial charge in [-0.2, -0.15) is 5.26 Å². The molecule has 3 aromatic heterocycles. The van der Waals surface area contributed by atoms with Crippen LogP contribution in [0.5, 0.6) is 0 Å². The Morgan fingerprint density at radius 3 is 2.22 bits per heavy atom. The van der Waals surface area contributed by atoms with Gasteiger partial charge >= 0.3 is 106 Å². The third-order valence-corrected chi connectivity index (χ3v) is 12.5. The molecule has 249 valence electrons. The summed E-state index contributed by atoms with van der Waals surface area (Å²) < 4.78 is 7.64. The molecule has 0 saturated heterocycles. The summed E-state index contributed by atoms with van der Waals surface area (Å²) in [6.07, 6.45) is 3.82. The van der Waals surface area contributed by atoms with Crippen LogP contribution in [0.4, 0.5) is 0 Å². The molecule has 7 rings (SSSR count). The molecule has 4 aromatic carbocycles. The van der Waals surface area contributed by atoms with Gasteiger partial charge in [-0.3, -0.25) is 4.89 Å². The number of aromatic nitrogens is 2. The summed E-state index contributed by atoms with van der Waals surface area (Å²) in [5, 5.41) is 10.7. The van der Waals surface area contributed by atoms with Crippen molar-refractivity contribution in [2.45, 2.75) is 37.0 Å². The second-order valence-corrected chi connectivity index (χ2v) is 23.6. The molecule has 0 unspecified atom stereocenters. The second-order valence-electron chi connectivity index (χ2n) is 12.9. The quantitative estimate of drug-likeness (QED) is 0.0775. The summed E-state index contributed by atoms with van der Waals surface area (Å²) in [6.45, 7) is 4.25. The Morgan fingerprint density at radius 1 is 0.796 bits per heavy atom. The normalized spacial score (nSPS) is 11.2. The summed E-state index contributed by atoms with van der Waals surface area (Å²) in [4.78, 5) is 25.5. The fraction of sp³-hybridized carbons (Fsp3) is 0.146. The average Bonchev–Trinajstić information content (AvgIpc) is 3.50. The Kier molecular flexibility index (Phi) is 11.3. The van der Waals surface area contributed by atoms with Crippen LogP contribution in [0.3, 0.4) is 0 Å². The number of nitrogens with zero attached hydrogens (tertiary/aromatic N) is 2. The predicted molar refractivity (Wildman–Crippen MR) is 195 cm³/mol. The first-order valence-corrected chi connectivity index (χ1v) is 23.2. The van der Waals surface area contributed by atoms with Crippen molar-refractivity contribution in [2.75, 3.05) is 0 Å². The van der Waals surface area contributed by atoms with Gasteiger partial charge in [0.25, 0.3) is 0 Å². The van der Waals surface area contributed by atoms with Gasteiger partial charge in [0.15, 0.2) is 0 Å². The Morgan fingerprint density at radius 2 is 1.57 bits per heavy atom. The molecule has 1 radical (unpaired) electrons. The fourth-order valence-electron chi connectivity index (χ4n) is 5.52. The van der Waals surface area contributed by atoms with Gasteiger partial charge in [-0.15, -0.1) is 18.2 Å². The standard InChI is InChI=1S/C27H20NO4.C14H16GeN.Ir/c1-16(2)18-11-12-28-24(15-18)21-10-6-9-20-22-13-19(17-7-4-3-5-8-17)14-23(27(29)32-30)26(22)31-25(20)21;1-15(2,3)13-9-10-14(16-11-13)12-7-5-4-6-8-12;/h3-9,11-16,30H,1-2H3;4-7,9-11H,1-3H3;/q2*-1;. The Hall–Kier alpha value is -4.40. The van der Waals surface area contributed by atoms with E-state index in [0.717, 1.165) is 44.4 Å². The maximum Gasteiger partial charge on any atom is 0 e. The molecule has 0 fully saturated rings. The van der Waals surface area contributed by atoms with E-state index in [1.165, 1.54) is 4.40 Å². The Labute approximate surface area is 302 Å². The topological polar surface area (TPSA) is 85.5 Å². The van der Waals surface area contributed by atoms with Crippen molar-refractivity contribution in [3.63, 3.8) is 0 Å². The minimum Gasteiger partial charge on any atom is 0 e. The number of carbonyl (C=O) groups is 1. The number of benzene rings is 4. The SMILES string of the molecule is CC(C)c1ccnc(-c2[c-]ccc3c2oc2c(C(=O)OO)cc(-c4ccccc4)cc23)c1.[CH3][Ge]([CH3])([CH3])[c]1ccc(-c2[c-]cccc2)nc1.[Ir]. The van der Waals surface area contributed by atoms with Crippen molar-refractivity contribution in [3.8, 4) is 33.6 Å². The number of furan rings is 1. The summed E-state index contributed by atoms with van der Waals surface area (Å²) >= 11 is -1.72. The van der Waals surface area contributed by atoms with Crippen LogP contribution in [0.15, 0.2) is 120 Å². The first kappa shape index (κ1) is 35.9. The van der Waals surface area contributed by atoms with Gasteiger partial charge in [0.05, 0.1) is 5.58 Å². The number of hydrogen-bond donors (Lipinski definition) is 1. The van der Waals surface area contributed by atoms with Crippen LogP contribution in [-0.4, -0.2) is 34.5 Å². The molecule has 6 nitrogen and oxygen atoms in total. The molecule has 0 bridgehead atoms. The van der Waals surface area contributed by atoms with Crippen LogP contribution in [0, 0.1) is 12.1 Å². The first-order chi connectivity index (χ1) is 23.1. The second kappa shape index (κ2) is 15.4. The minimum absolute atomic E-state index is 0. The molecule has 3 heterocycles. The third kappa shape index (κ3) is 7.92. The van der Waals surface area contributed by atoms with E-state index >= 15 is 0 Å². The van der Waals surface area contributed by atoms with E-state index in [0.29, 0.717) is 22.6 Å². The van der Waals surface area contributed by atoms with E-state index in [9.17, 15) is 4.79 Å². The number of fused-ring (bicyclic) bond motifs is 3. The zero-order chi connectivity index (χ0) is 33.8. The number of carbonyl (C=O) groups excluding carboxylic acids is 1. The van der Waals surface area contributed by atoms with Crippen molar-refractivity contribution in [3.05, 3.63) is 139 Å². The largest absolute Gasteiger partial charge is 0 e. The summed E-state index contributed by atoms with van der Waals surface area (Å²) in [5.41, 5.74) is 7.52. The molecule has 0 aliphatic carbocycles. The van der Waals surface area contributed by atoms with Gasteiger partial charge in [-0.1, -0.05) is 66.8 Å². The van der Waals surface area contributed by atoms with Crippen molar-refractivity contribution in [2.24, 2.45) is 0 Å². The first-order valence-electron chi connectivity index (χ1n) is 15.9.